The molecule has 1 aliphatic rings. The Labute approximate surface area is 131 Å². The first-order valence-electron chi connectivity index (χ1n) is 6.33. The first kappa shape index (κ1) is 15.7. The van der Waals surface area contributed by atoms with Gasteiger partial charge in [-0.3, -0.25) is 0 Å². The predicted octanol–water partition coefficient (Wildman–Crippen LogP) is 4.41. The van der Waals surface area contributed by atoms with Gasteiger partial charge in [-0.15, -0.1) is 0 Å². The number of carboxylic acids is 1. The van der Waals surface area contributed by atoms with Crippen LogP contribution in [0.15, 0.2) is 41.3 Å². The lowest BCUT2D eigenvalue weighted by atomic mass is 9.98. The summed E-state index contributed by atoms with van der Waals surface area (Å²) >= 11 is 0.738. The predicted molar refractivity (Wildman–Crippen MR) is 74.7 cm³/mol. The molecule has 0 aliphatic carbocycles. The van der Waals surface area contributed by atoms with E-state index in [1.165, 1.54) is 18.2 Å². The summed E-state index contributed by atoms with van der Waals surface area (Å²) in [5.41, 5.74) is -2.64. The number of rotatable bonds is 2. The van der Waals surface area contributed by atoms with E-state index in [-0.39, 0.29) is 21.8 Å². The van der Waals surface area contributed by atoms with E-state index in [0.717, 1.165) is 30.0 Å². The van der Waals surface area contributed by atoms with E-state index >= 15 is 0 Å². The molecule has 1 heterocycles. The van der Waals surface area contributed by atoms with E-state index in [2.05, 4.69) is 0 Å². The molecule has 23 heavy (non-hydrogen) atoms. The Morgan fingerprint density at radius 2 is 1.87 bits per heavy atom. The third kappa shape index (κ3) is 2.86. The van der Waals surface area contributed by atoms with Gasteiger partial charge in [-0.25, -0.2) is 9.18 Å². The van der Waals surface area contributed by atoms with Crippen LogP contribution in [0, 0.1) is 5.82 Å². The van der Waals surface area contributed by atoms with Crippen molar-refractivity contribution in [3.8, 4) is 16.9 Å². The Balaban J connectivity index is 2.19. The average Bonchev–Trinajstić information content (AvgIpc) is 2.89. The van der Waals surface area contributed by atoms with Gasteiger partial charge in [0, 0.05) is 5.56 Å². The fraction of sp³-hybridized carbons (Fsp3) is 0.133. The summed E-state index contributed by atoms with van der Waals surface area (Å²) in [5, 5.41) is 8.98. The van der Waals surface area contributed by atoms with Crippen LogP contribution in [-0.2, 0) is 11.0 Å². The number of aliphatic carboxylic acids is 1. The molecule has 1 aliphatic heterocycles. The minimum Gasteiger partial charge on any atom is -0.478 e. The van der Waals surface area contributed by atoms with Crippen LogP contribution in [0.3, 0.4) is 0 Å². The molecule has 8 heteroatoms. The van der Waals surface area contributed by atoms with Crippen LogP contribution in [-0.4, -0.2) is 16.5 Å². The van der Waals surface area contributed by atoms with Crippen molar-refractivity contribution in [3.05, 3.63) is 47.8 Å². The number of ether oxygens (including phenoxy) is 1. The molecule has 120 valence electrons. The summed E-state index contributed by atoms with van der Waals surface area (Å²) in [6, 6.07) is 6.64. The van der Waals surface area contributed by atoms with Crippen molar-refractivity contribution in [1.82, 2.24) is 0 Å². The van der Waals surface area contributed by atoms with Gasteiger partial charge in [-0.05, 0) is 23.8 Å². The second-order valence-corrected chi connectivity index (χ2v) is 5.83. The second kappa shape index (κ2) is 5.45. The van der Waals surface area contributed by atoms with E-state index in [9.17, 15) is 22.4 Å². The lowest BCUT2D eigenvalue weighted by Gasteiger charge is -2.15. The van der Waals surface area contributed by atoms with E-state index in [1.807, 2.05) is 0 Å². The molecule has 0 saturated heterocycles. The third-order valence-electron chi connectivity index (χ3n) is 3.20. The molecule has 1 N–H and O–H groups in total. The van der Waals surface area contributed by atoms with Gasteiger partial charge >= 0.3 is 12.1 Å². The van der Waals surface area contributed by atoms with Crippen LogP contribution in [0.4, 0.5) is 17.6 Å². The molecular weight excluding hydrogens is 336 g/mol. The smallest absolute Gasteiger partial charge is 0.417 e. The highest BCUT2D eigenvalue weighted by Crippen LogP contribution is 2.49. The van der Waals surface area contributed by atoms with Gasteiger partial charge < -0.3 is 9.84 Å². The Hall–Kier alpha value is -2.22. The normalized spacial score (nSPS) is 16.8. The van der Waals surface area contributed by atoms with Crippen LogP contribution >= 0.6 is 11.8 Å². The highest BCUT2D eigenvalue weighted by atomic mass is 32.2. The minimum absolute atomic E-state index is 0.0551. The largest absolute Gasteiger partial charge is 0.478 e. The molecule has 0 radical (unpaired) electrons. The van der Waals surface area contributed by atoms with Crippen molar-refractivity contribution < 1.29 is 32.2 Å². The Morgan fingerprint density at radius 3 is 2.52 bits per heavy atom. The third-order valence-corrected chi connectivity index (χ3v) is 4.27. The second-order valence-electron chi connectivity index (χ2n) is 4.73. The number of fused-ring (bicyclic) bond motifs is 1. The van der Waals surface area contributed by atoms with Crippen LogP contribution in [0.25, 0.3) is 11.1 Å². The zero-order valence-electron chi connectivity index (χ0n) is 11.2. The van der Waals surface area contributed by atoms with Gasteiger partial charge in [0.25, 0.3) is 0 Å². The first-order valence-corrected chi connectivity index (χ1v) is 7.21. The van der Waals surface area contributed by atoms with Crippen molar-refractivity contribution >= 4 is 17.7 Å². The topological polar surface area (TPSA) is 46.5 Å². The van der Waals surface area contributed by atoms with E-state index in [0.29, 0.717) is 0 Å². The molecule has 0 fully saturated rings. The lowest BCUT2D eigenvalue weighted by molar-refractivity contribution is -0.141. The number of halogens is 4. The molecule has 3 nitrogen and oxygen atoms in total. The molecule has 0 saturated carbocycles. The maximum Gasteiger partial charge on any atom is 0.417 e. The first-order chi connectivity index (χ1) is 10.8. The van der Waals surface area contributed by atoms with Gasteiger partial charge in [-0.1, -0.05) is 30.0 Å². The Kier molecular flexibility index (Phi) is 3.71. The zero-order chi connectivity index (χ0) is 16.8. The molecule has 0 bridgehead atoms. The number of carboxylic acid groups (broad SMARTS) is 1. The van der Waals surface area contributed by atoms with Gasteiger partial charge in [0.15, 0.2) is 0 Å². The molecule has 0 spiro atoms. The van der Waals surface area contributed by atoms with Crippen molar-refractivity contribution in [2.75, 3.05) is 0 Å². The number of thioether (sulfide) groups is 1. The van der Waals surface area contributed by atoms with E-state index in [4.69, 9.17) is 9.84 Å². The SMILES string of the molecule is O=C(O)C1Oc2c(cc(F)cc2-c2ccccc2C(F)(F)F)S1. The molecular formula is C15H8F4O3S. The number of hydrogen-bond acceptors (Lipinski definition) is 3. The quantitative estimate of drug-likeness (QED) is 0.820. The van der Waals surface area contributed by atoms with Gasteiger partial charge in [0.2, 0.25) is 5.44 Å². The van der Waals surface area contributed by atoms with E-state index < -0.39 is 29.0 Å². The highest BCUT2D eigenvalue weighted by molar-refractivity contribution is 8.00. The number of hydrogen-bond donors (Lipinski definition) is 1. The molecule has 1 unspecified atom stereocenters. The zero-order valence-corrected chi connectivity index (χ0v) is 12.0. The Morgan fingerprint density at radius 1 is 1.17 bits per heavy atom. The number of alkyl halides is 3. The monoisotopic (exact) mass is 344 g/mol. The van der Waals surface area contributed by atoms with E-state index in [1.54, 1.807) is 0 Å². The van der Waals surface area contributed by atoms with Crippen molar-refractivity contribution in [3.63, 3.8) is 0 Å². The molecule has 1 atom stereocenters. The highest BCUT2D eigenvalue weighted by Gasteiger charge is 2.37. The maximum atomic E-state index is 13.8. The van der Waals surface area contributed by atoms with Crippen LogP contribution in [0.2, 0.25) is 0 Å². The number of benzene rings is 2. The molecule has 3 rings (SSSR count). The standard InChI is InChI=1S/C15H8F4O3S/c16-7-5-9(8-3-1-2-4-10(8)15(17,18)19)12-11(6-7)23-14(22-12)13(20)21/h1-6,14H,(H,20,21). The van der Waals surface area contributed by atoms with Gasteiger partial charge in [0.1, 0.15) is 11.6 Å². The van der Waals surface area contributed by atoms with Crippen molar-refractivity contribution in [1.29, 1.82) is 0 Å². The fourth-order valence-electron chi connectivity index (χ4n) is 2.29. The summed E-state index contributed by atoms with van der Waals surface area (Å²) in [5.74, 6) is -2.11. The molecule has 0 amide bonds. The average molecular weight is 344 g/mol. The fourth-order valence-corrected chi connectivity index (χ4v) is 3.21. The summed E-state index contributed by atoms with van der Waals surface area (Å²) in [7, 11) is 0. The van der Waals surface area contributed by atoms with Crippen molar-refractivity contribution in [2.24, 2.45) is 0 Å². The van der Waals surface area contributed by atoms with Gasteiger partial charge in [-0.2, -0.15) is 13.2 Å². The maximum absolute atomic E-state index is 13.8. The molecule has 0 aromatic heterocycles. The summed E-state index contributed by atoms with van der Waals surface area (Å²) in [6.07, 6.45) is -4.63. The van der Waals surface area contributed by atoms with Crippen LogP contribution in [0.1, 0.15) is 5.56 Å². The van der Waals surface area contributed by atoms with Crippen LogP contribution < -0.4 is 4.74 Å². The van der Waals surface area contributed by atoms with Crippen molar-refractivity contribution in [2.45, 2.75) is 16.5 Å². The van der Waals surface area contributed by atoms with Gasteiger partial charge in [0.05, 0.1) is 10.5 Å². The molecule has 2 aromatic carbocycles. The Bertz CT molecular complexity index is 789. The number of carbonyl (C=O) groups is 1. The molecule has 2 aromatic rings. The summed E-state index contributed by atoms with van der Waals surface area (Å²) in [4.78, 5) is 11.2. The lowest BCUT2D eigenvalue weighted by Crippen LogP contribution is -2.19. The summed E-state index contributed by atoms with van der Waals surface area (Å²) in [6.45, 7) is 0. The minimum atomic E-state index is -4.63. The summed E-state index contributed by atoms with van der Waals surface area (Å²) < 4.78 is 58.4. The van der Waals surface area contributed by atoms with Crippen LogP contribution in [0.5, 0.6) is 5.75 Å².